The van der Waals surface area contributed by atoms with Gasteiger partial charge < -0.3 is 19.3 Å². The van der Waals surface area contributed by atoms with Crippen molar-refractivity contribution in [2.24, 2.45) is 11.8 Å². The lowest BCUT2D eigenvalue weighted by atomic mass is 9.78. The van der Waals surface area contributed by atoms with E-state index in [1.807, 2.05) is 30.3 Å². The average molecular weight is 401 g/mol. The molecule has 0 aromatic heterocycles. The number of methoxy groups -OCH3 is 2. The van der Waals surface area contributed by atoms with Crippen molar-refractivity contribution in [2.45, 2.75) is 31.6 Å². The molecule has 1 aliphatic heterocycles. The summed E-state index contributed by atoms with van der Waals surface area (Å²) >= 11 is 0. The Morgan fingerprint density at radius 3 is 2.38 bits per heavy atom. The van der Waals surface area contributed by atoms with Gasteiger partial charge in [0.1, 0.15) is 6.10 Å². The normalized spacial score (nSPS) is 26.8. The second-order valence-electron chi connectivity index (χ2n) is 8.03. The molecule has 0 unspecified atom stereocenters. The SMILES string of the molecule is COc1cc(CN2C[C@H]3C[C@@H](Oc4ccccc4OC)[C@H](O)C[C@H]3C2)ccc1F. The first-order valence-electron chi connectivity index (χ1n) is 10.1. The fraction of sp³-hybridized carbons (Fsp3) is 0.478. The summed E-state index contributed by atoms with van der Waals surface area (Å²) in [6.45, 7) is 2.63. The number of hydrogen-bond donors (Lipinski definition) is 1. The summed E-state index contributed by atoms with van der Waals surface area (Å²) in [6, 6.07) is 12.6. The Hall–Kier alpha value is -2.31. The number of ether oxygens (including phenoxy) is 3. The maximum absolute atomic E-state index is 13.7. The van der Waals surface area contributed by atoms with Crippen LogP contribution in [0, 0.1) is 17.7 Å². The van der Waals surface area contributed by atoms with E-state index in [2.05, 4.69) is 4.90 Å². The summed E-state index contributed by atoms with van der Waals surface area (Å²) in [4.78, 5) is 2.38. The lowest BCUT2D eigenvalue weighted by molar-refractivity contribution is -0.0240. The molecule has 2 aliphatic rings. The van der Waals surface area contributed by atoms with Crippen LogP contribution in [0.25, 0.3) is 0 Å². The van der Waals surface area contributed by atoms with Gasteiger partial charge in [0.05, 0.1) is 20.3 Å². The fourth-order valence-electron chi connectivity index (χ4n) is 4.68. The molecule has 29 heavy (non-hydrogen) atoms. The zero-order chi connectivity index (χ0) is 20.4. The van der Waals surface area contributed by atoms with Crippen LogP contribution in [0.15, 0.2) is 42.5 Å². The van der Waals surface area contributed by atoms with Gasteiger partial charge >= 0.3 is 0 Å². The number of para-hydroxylation sites is 2. The highest BCUT2D eigenvalue weighted by molar-refractivity contribution is 5.39. The van der Waals surface area contributed by atoms with Crippen molar-refractivity contribution < 1.29 is 23.7 Å². The van der Waals surface area contributed by atoms with E-state index in [0.29, 0.717) is 23.3 Å². The molecule has 0 amide bonds. The van der Waals surface area contributed by atoms with E-state index >= 15 is 0 Å². The molecule has 156 valence electrons. The van der Waals surface area contributed by atoms with Gasteiger partial charge in [0.25, 0.3) is 0 Å². The van der Waals surface area contributed by atoms with Crippen LogP contribution in [-0.2, 0) is 6.54 Å². The number of fused-ring (bicyclic) bond motifs is 1. The predicted molar refractivity (Wildman–Crippen MR) is 108 cm³/mol. The number of rotatable bonds is 6. The Morgan fingerprint density at radius 1 is 0.966 bits per heavy atom. The van der Waals surface area contributed by atoms with Crippen molar-refractivity contribution >= 4 is 0 Å². The Kier molecular flexibility index (Phi) is 5.92. The van der Waals surface area contributed by atoms with Crippen molar-refractivity contribution in [3.8, 4) is 17.2 Å². The van der Waals surface area contributed by atoms with E-state index in [1.54, 1.807) is 13.2 Å². The standard InChI is InChI=1S/C23H28FNO4/c1-27-20-5-3-4-6-21(20)29-23-11-17-14-25(13-16(17)10-19(23)26)12-15-7-8-18(24)22(9-15)28-2/h3-9,16-17,19,23,26H,10-14H2,1-2H3/t16-,17+,19+,23+/m0/s1. The second-order valence-corrected chi connectivity index (χ2v) is 8.03. The third-order valence-electron chi connectivity index (χ3n) is 6.13. The summed E-state index contributed by atoms with van der Waals surface area (Å²) in [5.74, 6) is 2.21. The molecule has 1 N–H and O–H groups in total. The summed E-state index contributed by atoms with van der Waals surface area (Å²) in [6.07, 6.45) is 0.811. The summed E-state index contributed by atoms with van der Waals surface area (Å²) < 4.78 is 30.3. The minimum absolute atomic E-state index is 0.238. The van der Waals surface area contributed by atoms with Gasteiger partial charge in [-0.15, -0.1) is 0 Å². The fourth-order valence-corrected chi connectivity index (χ4v) is 4.68. The zero-order valence-corrected chi connectivity index (χ0v) is 16.9. The summed E-state index contributed by atoms with van der Waals surface area (Å²) in [5, 5.41) is 10.7. The highest BCUT2D eigenvalue weighted by atomic mass is 19.1. The van der Waals surface area contributed by atoms with Gasteiger partial charge in [0.2, 0.25) is 0 Å². The number of aliphatic hydroxyl groups is 1. The maximum atomic E-state index is 13.7. The van der Waals surface area contributed by atoms with Crippen LogP contribution < -0.4 is 14.2 Å². The molecule has 2 fully saturated rings. The Bertz CT molecular complexity index is 845. The molecule has 0 radical (unpaired) electrons. The van der Waals surface area contributed by atoms with E-state index in [9.17, 15) is 9.50 Å². The zero-order valence-electron chi connectivity index (χ0n) is 16.9. The third-order valence-corrected chi connectivity index (χ3v) is 6.13. The van der Waals surface area contributed by atoms with Crippen LogP contribution in [0.1, 0.15) is 18.4 Å². The predicted octanol–water partition coefficient (Wildman–Crippen LogP) is 3.49. The summed E-state index contributed by atoms with van der Waals surface area (Å²) in [7, 11) is 3.10. The van der Waals surface area contributed by atoms with Gasteiger partial charge in [-0.25, -0.2) is 4.39 Å². The number of nitrogens with zero attached hydrogens (tertiary/aromatic N) is 1. The largest absolute Gasteiger partial charge is 0.494 e. The van der Waals surface area contributed by atoms with E-state index < -0.39 is 6.10 Å². The number of halogens is 1. The third kappa shape index (κ3) is 4.33. The van der Waals surface area contributed by atoms with Gasteiger partial charge in [-0.2, -0.15) is 0 Å². The quantitative estimate of drug-likeness (QED) is 0.803. The highest BCUT2D eigenvalue weighted by Gasteiger charge is 2.42. The Balaban J connectivity index is 1.40. The number of aliphatic hydroxyl groups excluding tert-OH is 1. The van der Waals surface area contributed by atoms with Crippen molar-refractivity contribution in [2.75, 3.05) is 27.3 Å². The van der Waals surface area contributed by atoms with Crippen molar-refractivity contribution in [1.82, 2.24) is 4.90 Å². The molecule has 2 aromatic rings. The topological polar surface area (TPSA) is 51.2 Å². The molecule has 6 heteroatoms. The number of benzene rings is 2. The lowest BCUT2D eigenvalue weighted by Gasteiger charge is -2.35. The molecule has 5 nitrogen and oxygen atoms in total. The molecular weight excluding hydrogens is 373 g/mol. The molecule has 4 atom stereocenters. The number of likely N-dealkylation sites (tertiary alicyclic amines) is 1. The van der Waals surface area contributed by atoms with Crippen LogP contribution in [0.3, 0.4) is 0 Å². The lowest BCUT2D eigenvalue weighted by Crippen LogP contribution is -2.42. The van der Waals surface area contributed by atoms with Gasteiger partial charge in [0, 0.05) is 19.6 Å². The smallest absolute Gasteiger partial charge is 0.165 e. The van der Waals surface area contributed by atoms with Crippen molar-refractivity contribution in [3.05, 3.63) is 53.8 Å². The molecule has 0 spiro atoms. The molecule has 1 saturated heterocycles. The van der Waals surface area contributed by atoms with Crippen molar-refractivity contribution in [1.29, 1.82) is 0 Å². The first-order chi connectivity index (χ1) is 14.1. The maximum Gasteiger partial charge on any atom is 0.165 e. The van der Waals surface area contributed by atoms with Crippen LogP contribution in [0.2, 0.25) is 0 Å². The molecule has 1 saturated carbocycles. The number of hydrogen-bond acceptors (Lipinski definition) is 5. The molecule has 1 heterocycles. The molecule has 1 aliphatic carbocycles. The van der Waals surface area contributed by atoms with Gasteiger partial charge in [0.15, 0.2) is 23.1 Å². The first-order valence-corrected chi connectivity index (χ1v) is 10.1. The monoisotopic (exact) mass is 401 g/mol. The summed E-state index contributed by atoms with van der Waals surface area (Å²) in [5.41, 5.74) is 1.03. The van der Waals surface area contributed by atoms with Crippen molar-refractivity contribution in [3.63, 3.8) is 0 Å². The van der Waals surface area contributed by atoms with E-state index in [4.69, 9.17) is 14.2 Å². The van der Waals surface area contributed by atoms with Crippen LogP contribution in [0.4, 0.5) is 4.39 Å². The average Bonchev–Trinajstić information content (AvgIpc) is 3.11. The highest BCUT2D eigenvalue weighted by Crippen LogP contribution is 2.39. The second kappa shape index (κ2) is 8.59. The van der Waals surface area contributed by atoms with E-state index in [0.717, 1.165) is 38.0 Å². The van der Waals surface area contributed by atoms with E-state index in [-0.39, 0.29) is 17.7 Å². The molecule has 4 rings (SSSR count). The van der Waals surface area contributed by atoms with Gasteiger partial charge in [-0.1, -0.05) is 18.2 Å². The van der Waals surface area contributed by atoms with Gasteiger partial charge in [-0.3, -0.25) is 4.90 Å². The molecule has 2 aromatic carbocycles. The minimum atomic E-state index is -0.493. The van der Waals surface area contributed by atoms with Crippen LogP contribution >= 0.6 is 0 Å². The Labute approximate surface area is 171 Å². The van der Waals surface area contributed by atoms with Crippen LogP contribution in [-0.4, -0.2) is 49.5 Å². The van der Waals surface area contributed by atoms with Crippen LogP contribution in [0.5, 0.6) is 17.2 Å². The van der Waals surface area contributed by atoms with Gasteiger partial charge in [-0.05, 0) is 54.5 Å². The van der Waals surface area contributed by atoms with E-state index in [1.165, 1.54) is 13.2 Å². The molecular formula is C23H28FNO4. The first kappa shape index (κ1) is 20.0. The minimum Gasteiger partial charge on any atom is -0.494 e. The Morgan fingerprint density at radius 2 is 1.66 bits per heavy atom. The molecule has 0 bridgehead atoms.